The Morgan fingerprint density at radius 1 is 1.00 bits per heavy atom. The predicted octanol–water partition coefficient (Wildman–Crippen LogP) is 3.92. The lowest BCUT2D eigenvalue weighted by Gasteiger charge is -2.22. The molecular formula is C21H28N2O3S. The smallest absolute Gasteiger partial charge is 0.251 e. The number of hydrogen-bond acceptors (Lipinski definition) is 3. The molecule has 0 bridgehead atoms. The second kappa shape index (κ2) is 9.04. The van der Waals surface area contributed by atoms with Crippen LogP contribution < -0.4 is 9.62 Å². The fraction of sp³-hybridized carbons (Fsp3) is 0.381. The van der Waals surface area contributed by atoms with Crippen molar-refractivity contribution in [2.24, 2.45) is 0 Å². The number of amides is 1. The Morgan fingerprint density at radius 2 is 1.59 bits per heavy atom. The predicted molar refractivity (Wildman–Crippen MR) is 111 cm³/mol. The van der Waals surface area contributed by atoms with Crippen LogP contribution in [-0.2, 0) is 16.4 Å². The third-order valence-corrected chi connectivity index (χ3v) is 6.51. The van der Waals surface area contributed by atoms with Crippen LogP contribution in [-0.4, -0.2) is 26.6 Å². The number of benzene rings is 2. The van der Waals surface area contributed by atoms with E-state index in [0.29, 0.717) is 17.8 Å². The molecule has 0 unspecified atom stereocenters. The van der Waals surface area contributed by atoms with Crippen molar-refractivity contribution in [1.82, 2.24) is 5.32 Å². The van der Waals surface area contributed by atoms with Crippen LogP contribution in [0.5, 0.6) is 0 Å². The van der Waals surface area contributed by atoms with Gasteiger partial charge >= 0.3 is 0 Å². The first-order chi connectivity index (χ1) is 12.8. The SMILES string of the molecule is CCc1ccc([C@@H](C)NC(=O)c2ccc(N(CC)S(=O)(=O)CC)cc2)cc1. The average Bonchev–Trinajstić information content (AvgIpc) is 2.68. The van der Waals surface area contributed by atoms with E-state index >= 15 is 0 Å². The lowest BCUT2D eigenvalue weighted by Crippen LogP contribution is -2.32. The number of nitrogens with zero attached hydrogens (tertiary/aromatic N) is 1. The quantitative estimate of drug-likeness (QED) is 0.745. The summed E-state index contributed by atoms with van der Waals surface area (Å²) < 4.78 is 25.6. The number of anilines is 1. The van der Waals surface area contributed by atoms with Crippen LogP contribution in [0.3, 0.4) is 0 Å². The van der Waals surface area contributed by atoms with E-state index in [1.807, 2.05) is 19.1 Å². The maximum Gasteiger partial charge on any atom is 0.251 e. The van der Waals surface area contributed by atoms with E-state index in [1.165, 1.54) is 9.87 Å². The van der Waals surface area contributed by atoms with Crippen molar-refractivity contribution in [2.75, 3.05) is 16.6 Å². The van der Waals surface area contributed by atoms with Crippen LogP contribution in [0.1, 0.15) is 55.2 Å². The summed E-state index contributed by atoms with van der Waals surface area (Å²) in [6.07, 6.45) is 0.982. The Labute approximate surface area is 162 Å². The second-order valence-corrected chi connectivity index (χ2v) is 8.58. The van der Waals surface area contributed by atoms with Crippen LogP contribution >= 0.6 is 0 Å². The molecular weight excluding hydrogens is 360 g/mol. The molecule has 146 valence electrons. The minimum atomic E-state index is -3.32. The lowest BCUT2D eigenvalue weighted by atomic mass is 10.0. The van der Waals surface area contributed by atoms with Gasteiger partial charge in [-0.15, -0.1) is 0 Å². The maximum atomic E-state index is 12.5. The zero-order chi connectivity index (χ0) is 20.0. The summed E-state index contributed by atoms with van der Waals surface area (Å²) in [5.41, 5.74) is 3.37. The molecule has 1 N–H and O–H groups in total. The molecule has 0 heterocycles. The van der Waals surface area contributed by atoms with Crippen LogP contribution in [0, 0.1) is 0 Å². The Hall–Kier alpha value is -2.34. The van der Waals surface area contributed by atoms with Crippen molar-refractivity contribution in [2.45, 2.75) is 40.2 Å². The molecule has 0 saturated carbocycles. The lowest BCUT2D eigenvalue weighted by molar-refractivity contribution is 0.0940. The van der Waals surface area contributed by atoms with Gasteiger partial charge in [0.1, 0.15) is 0 Å². The number of carbonyl (C=O) groups excluding carboxylic acids is 1. The third-order valence-electron chi connectivity index (χ3n) is 4.64. The molecule has 2 rings (SSSR count). The van der Waals surface area contributed by atoms with Crippen molar-refractivity contribution in [3.8, 4) is 0 Å². The molecule has 0 aliphatic heterocycles. The summed E-state index contributed by atoms with van der Waals surface area (Å²) in [7, 11) is -3.32. The number of hydrogen-bond donors (Lipinski definition) is 1. The van der Waals surface area contributed by atoms with Gasteiger partial charge in [-0.2, -0.15) is 0 Å². The molecule has 1 amide bonds. The monoisotopic (exact) mass is 388 g/mol. The summed E-state index contributed by atoms with van der Waals surface area (Å²) in [6, 6.07) is 14.7. The van der Waals surface area contributed by atoms with Gasteiger partial charge in [-0.1, -0.05) is 31.2 Å². The van der Waals surface area contributed by atoms with E-state index in [-0.39, 0.29) is 17.7 Å². The summed E-state index contributed by atoms with van der Waals surface area (Å²) in [4.78, 5) is 12.5. The third kappa shape index (κ3) is 5.10. The summed E-state index contributed by atoms with van der Waals surface area (Å²) in [6.45, 7) is 7.81. The van der Waals surface area contributed by atoms with E-state index < -0.39 is 10.0 Å². The molecule has 6 heteroatoms. The van der Waals surface area contributed by atoms with Gasteiger partial charge in [0.05, 0.1) is 17.5 Å². The number of nitrogens with one attached hydrogen (secondary N) is 1. The zero-order valence-corrected chi connectivity index (χ0v) is 17.2. The fourth-order valence-electron chi connectivity index (χ4n) is 2.88. The van der Waals surface area contributed by atoms with Crippen molar-refractivity contribution >= 4 is 21.6 Å². The van der Waals surface area contributed by atoms with Gasteiger partial charge in [0.25, 0.3) is 5.91 Å². The number of sulfonamides is 1. The first-order valence-electron chi connectivity index (χ1n) is 9.32. The molecule has 2 aromatic rings. The molecule has 0 aliphatic carbocycles. The van der Waals surface area contributed by atoms with Crippen LogP contribution in [0.25, 0.3) is 0 Å². The van der Waals surface area contributed by atoms with Gasteiger partial charge in [-0.25, -0.2) is 8.42 Å². The summed E-state index contributed by atoms with van der Waals surface area (Å²) >= 11 is 0. The summed E-state index contributed by atoms with van der Waals surface area (Å²) in [5.74, 6) is -0.146. The van der Waals surface area contributed by atoms with Crippen molar-refractivity contribution in [1.29, 1.82) is 0 Å². The van der Waals surface area contributed by atoms with Crippen LogP contribution in [0.15, 0.2) is 48.5 Å². The first-order valence-corrected chi connectivity index (χ1v) is 10.9. The van der Waals surface area contributed by atoms with Gasteiger partial charge in [0.15, 0.2) is 0 Å². The minimum absolute atomic E-state index is 0.0391. The first kappa shape index (κ1) is 21.0. The molecule has 0 fully saturated rings. The second-order valence-electron chi connectivity index (χ2n) is 6.40. The molecule has 0 aromatic heterocycles. The van der Waals surface area contributed by atoms with Crippen molar-refractivity contribution in [3.63, 3.8) is 0 Å². The average molecular weight is 389 g/mol. The number of aryl methyl sites for hydroxylation is 1. The fourth-order valence-corrected chi connectivity index (χ4v) is 4.03. The van der Waals surface area contributed by atoms with Gasteiger partial charge in [0.2, 0.25) is 10.0 Å². The largest absolute Gasteiger partial charge is 0.346 e. The molecule has 1 atom stereocenters. The Balaban J connectivity index is 2.10. The Kier molecular flexibility index (Phi) is 7.02. The van der Waals surface area contributed by atoms with E-state index in [4.69, 9.17) is 0 Å². The molecule has 5 nitrogen and oxygen atoms in total. The molecule has 0 spiro atoms. The highest BCUT2D eigenvalue weighted by Crippen LogP contribution is 2.20. The Morgan fingerprint density at radius 3 is 2.07 bits per heavy atom. The molecule has 0 aliphatic rings. The topological polar surface area (TPSA) is 66.5 Å². The molecule has 0 radical (unpaired) electrons. The van der Waals surface area contributed by atoms with Crippen LogP contribution in [0.2, 0.25) is 0 Å². The normalized spacial score (nSPS) is 12.4. The highest BCUT2D eigenvalue weighted by molar-refractivity contribution is 7.92. The zero-order valence-electron chi connectivity index (χ0n) is 16.4. The van der Waals surface area contributed by atoms with E-state index in [2.05, 4.69) is 24.4 Å². The minimum Gasteiger partial charge on any atom is -0.346 e. The highest BCUT2D eigenvalue weighted by atomic mass is 32.2. The molecule has 0 saturated heterocycles. The highest BCUT2D eigenvalue weighted by Gasteiger charge is 2.19. The summed E-state index contributed by atoms with van der Waals surface area (Å²) in [5, 5.41) is 2.98. The molecule has 27 heavy (non-hydrogen) atoms. The number of carbonyl (C=O) groups is 1. The van der Waals surface area contributed by atoms with Crippen LogP contribution in [0.4, 0.5) is 5.69 Å². The van der Waals surface area contributed by atoms with Gasteiger partial charge in [0, 0.05) is 12.1 Å². The molecule has 2 aromatic carbocycles. The number of rotatable bonds is 8. The van der Waals surface area contributed by atoms with Crippen molar-refractivity contribution in [3.05, 3.63) is 65.2 Å². The van der Waals surface area contributed by atoms with E-state index in [1.54, 1.807) is 38.1 Å². The Bertz CT molecular complexity index is 859. The van der Waals surface area contributed by atoms with E-state index in [0.717, 1.165) is 12.0 Å². The van der Waals surface area contributed by atoms with Crippen molar-refractivity contribution < 1.29 is 13.2 Å². The van der Waals surface area contributed by atoms with Gasteiger partial charge < -0.3 is 5.32 Å². The van der Waals surface area contributed by atoms with E-state index in [9.17, 15) is 13.2 Å². The maximum absolute atomic E-state index is 12.5. The van der Waals surface area contributed by atoms with Gasteiger partial charge in [-0.05, 0) is 62.6 Å². The standard InChI is InChI=1S/C21H28N2O3S/c1-5-17-8-10-18(11-9-17)16(4)22-21(24)19-12-14-20(15-13-19)23(6-2)27(25,26)7-3/h8-16H,5-7H2,1-4H3,(H,22,24)/t16-/m1/s1. The van der Waals surface area contributed by atoms with Gasteiger partial charge in [-0.3, -0.25) is 9.10 Å².